The van der Waals surface area contributed by atoms with Crippen molar-refractivity contribution in [2.24, 2.45) is 0 Å². The fraction of sp³-hybridized carbons (Fsp3) is 0.0476. The number of nitrogens with one attached hydrogen (secondary N) is 1. The third-order valence-electron chi connectivity index (χ3n) is 4.11. The Hall–Kier alpha value is -2.86. The van der Waals surface area contributed by atoms with Crippen molar-refractivity contribution in [3.05, 3.63) is 87.4 Å². The molecule has 1 N–H and O–H groups in total. The number of carbonyl (C=O) groups excluding carboxylic acids is 1. The molecule has 0 radical (unpaired) electrons. The van der Waals surface area contributed by atoms with Crippen LogP contribution in [0.15, 0.2) is 70.5 Å². The van der Waals surface area contributed by atoms with Gasteiger partial charge in [0.05, 0.1) is 36.9 Å². The van der Waals surface area contributed by atoms with Crippen molar-refractivity contribution >= 4 is 45.6 Å². The molecule has 0 fully saturated rings. The lowest BCUT2D eigenvalue weighted by atomic mass is 10.2. The van der Waals surface area contributed by atoms with Crippen molar-refractivity contribution in [3.63, 3.8) is 0 Å². The summed E-state index contributed by atoms with van der Waals surface area (Å²) >= 11 is 11.7. The predicted octanol–water partition coefficient (Wildman–Crippen LogP) is 6.30. The van der Waals surface area contributed by atoms with Crippen LogP contribution in [-0.2, 0) is 17.0 Å². The van der Waals surface area contributed by atoms with Crippen LogP contribution in [0.4, 0.5) is 18.9 Å². The fourth-order valence-electron chi connectivity index (χ4n) is 2.61. The molecule has 0 aliphatic carbocycles. The van der Waals surface area contributed by atoms with Crippen LogP contribution in [0.1, 0.15) is 21.5 Å². The number of anilines is 1. The fourth-order valence-corrected chi connectivity index (χ4v) is 4.10. The molecular weight excluding hydrogens is 472 g/mol. The van der Waals surface area contributed by atoms with Crippen molar-refractivity contribution in [1.29, 1.82) is 5.26 Å². The van der Waals surface area contributed by atoms with Crippen LogP contribution in [-0.4, -0.2) is 10.1 Å². The van der Waals surface area contributed by atoms with E-state index in [1.54, 1.807) is 0 Å². The second-order valence-electron chi connectivity index (χ2n) is 6.20. The summed E-state index contributed by atoms with van der Waals surface area (Å²) in [5.41, 5.74) is -0.535. The van der Waals surface area contributed by atoms with Gasteiger partial charge in [-0.2, -0.15) is 18.4 Å². The molecule has 0 spiro atoms. The minimum Gasteiger partial charge on any atom is -0.322 e. The molecule has 0 saturated carbocycles. The van der Waals surface area contributed by atoms with Crippen LogP contribution in [0.25, 0.3) is 0 Å². The number of amides is 1. The lowest BCUT2D eigenvalue weighted by Gasteiger charge is -2.11. The van der Waals surface area contributed by atoms with Crippen LogP contribution in [0.5, 0.6) is 0 Å². The van der Waals surface area contributed by atoms with Gasteiger partial charge < -0.3 is 5.32 Å². The van der Waals surface area contributed by atoms with Gasteiger partial charge in [0, 0.05) is 16.1 Å². The number of hydrogen-bond acceptors (Lipinski definition) is 3. The van der Waals surface area contributed by atoms with E-state index < -0.39 is 28.4 Å². The van der Waals surface area contributed by atoms with Crippen LogP contribution in [0, 0.1) is 11.3 Å². The maximum absolute atomic E-state index is 12.9. The van der Waals surface area contributed by atoms with Crippen molar-refractivity contribution in [3.8, 4) is 6.07 Å². The van der Waals surface area contributed by atoms with E-state index in [4.69, 9.17) is 23.2 Å². The molecule has 4 nitrogen and oxygen atoms in total. The molecule has 0 unspecified atom stereocenters. The second-order valence-corrected chi connectivity index (χ2v) is 8.46. The molecule has 0 aliphatic rings. The molecule has 0 saturated heterocycles. The molecule has 0 heterocycles. The molecule has 10 heteroatoms. The predicted molar refractivity (Wildman–Crippen MR) is 112 cm³/mol. The molecule has 3 rings (SSSR count). The first-order valence-corrected chi connectivity index (χ1v) is 10.4. The SMILES string of the molecule is N#Cc1cc(NC(=O)c2ccc(Cl)c(Cl)c2)ccc1[S@](=O)c1cccc(C(F)(F)F)c1. The summed E-state index contributed by atoms with van der Waals surface area (Å²) in [7, 11) is -2.03. The maximum atomic E-state index is 12.9. The van der Waals surface area contributed by atoms with Gasteiger partial charge in [-0.25, -0.2) is 4.21 Å². The molecule has 0 aromatic heterocycles. The van der Waals surface area contributed by atoms with E-state index in [-0.39, 0.29) is 36.7 Å². The van der Waals surface area contributed by atoms with E-state index >= 15 is 0 Å². The zero-order valence-electron chi connectivity index (χ0n) is 15.3. The Balaban J connectivity index is 1.88. The van der Waals surface area contributed by atoms with Crippen LogP contribution >= 0.6 is 23.2 Å². The van der Waals surface area contributed by atoms with E-state index in [0.717, 1.165) is 18.2 Å². The summed E-state index contributed by atoms with van der Waals surface area (Å²) in [6.07, 6.45) is -4.59. The van der Waals surface area contributed by atoms with Crippen LogP contribution in [0.2, 0.25) is 10.0 Å². The Morgan fingerprint density at radius 3 is 2.39 bits per heavy atom. The highest BCUT2D eigenvalue weighted by Crippen LogP contribution is 2.32. The van der Waals surface area contributed by atoms with Crippen LogP contribution < -0.4 is 5.32 Å². The molecular formula is C21H11Cl2F3N2O2S. The molecule has 1 atom stereocenters. The first kappa shape index (κ1) is 22.8. The van der Waals surface area contributed by atoms with Gasteiger partial charge in [-0.05, 0) is 54.6 Å². The highest BCUT2D eigenvalue weighted by Gasteiger charge is 2.31. The monoisotopic (exact) mass is 482 g/mol. The Labute approximate surface area is 187 Å². The van der Waals surface area contributed by atoms with Gasteiger partial charge in [0.25, 0.3) is 5.91 Å². The number of carbonyl (C=O) groups is 1. The van der Waals surface area contributed by atoms with E-state index in [1.807, 2.05) is 6.07 Å². The number of nitrogens with zero attached hydrogens (tertiary/aromatic N) is 1. The summed E-state index contributed by atoms with van der Waals surface area (Å²) in [6, 6.07) is 14.2. The topological polar surface area (TPSA) is 70.0 Å². The van der Waals surface area contributed by atoms with E-state index in [2.05, 4.69) is 5.32 Å². The first-order chi connectivity index (χ1) is 14.6. The molecule has 3 aromatic carbocycles. The molecule has 0 bridgehead atoms. The van der Waals surface area contributed by atoms with E-state index in [9.17, 15) is 27.4 Å². The number of rotatable bonds is 4. The van der Waals surface area contributed by atoms with Gasteiger partial charge in [0.1, 0.15) is 6.07 Å². The standard InChI is InChI=1S/C21H11Cl2F3N2O2S/c22-17-6-4-12(9-18(17)23)20(29)28-15-5-7-19(13(8-15)11-27)31(30)16-3-1-2-14(10-16)21(24,25)26/h1-10H,(H,28,29)/t31-/m1/s1. The molecule has 1 amide bonds. The average molecular weight is 483 g/mol. The van der Waals surface area contributed by atoms with E-state index in [1.165, 1.54) is 42.5 Å². The smallest absolute Gasteiger partial charge is 0.322 e. The van der Waals surface area contributed by atoms with Gasteiger partial charge in [0.15, 0.2) is 0 Å². The molecule has 0 aliphatic heterocycles. The largest absolute Gasteiger partial charge is 0.416 e. The molecule has 158 valence electrons. The van der Waals surface area contributed by atoms with E-state index in [0.29, 0.717) is 0 Å². The van der Waals surface area contributed by atoms with Crippen molar-refractivity contribution in [1.82, 2.24) is 0 Å². The van der Waals surface area contributed by atoms with Gasteiger partial charge in [0.2, 0.25) is 0 Å². The lowest BCUT2D eigenvalue weighted by Crippen LogP contribution is -2.12. The van der Waals surface area contributed by atoms with Gasteiger partial charge in [-0.3, -0.25) is 4.79 Å². The summed E-state index contributed by atoms with van der Waals surface area (Å²) in [6.45, 7) is 0. The van der Waals surface area contributed by atoms with Gasteiger partial charge in [-0.1, -0.05) is 29.3 Å². The van der Waals surface area contributed by atoms with Gasteiger partial charge in [-0.15, -0.1) is 0 Å². The quantitative estimate of drug-likeness (QED) is 0.474. The number of nitriles is 1. The Bertz CT molecular complexity index is 1240. The van der Waals surface area contributed by atoms with Crippen molar-refractivity contribution in [2.45, 2.75) is 16.0 Å². The normalized spacial score (nSPS) is 12.1. The summed E-state index contributed by atoms with van der Waals surface area (Å²) in [5.74, 6) is -0.519. The number of benzene rings is 3. The zero-order valence-corrected chi connectivity index (χ0v) is 17.7. The highest BCUT2D eigenvalue weighted by molar-refractivity contribution is 7.85. The Kier molecular flexibility index (Phi) is 6.70. The summed E-state index contributed by atoms with van der Waals surface area (Å²) < 4.78 is 51.6. The average Bonchev–Trinajstić information content (AvgIpc) is 2.74. The minimum atomic E-state index is -4.59. The van der Waals surface area contributed by atoms with Gasteiger partial charge >= 0.3 is 6.18 Å². The summed E-state index contributed by atoms with van der Waals surface area (Å²) in [4.78, 5) is 12.3. The Morgan fingerprint density at radius 2 is 1.74 bits per heavy atom. The first-order valence-electron chi connectivity index (χ1n) is 8.49. The molecule has 31 heavy (non-hydrogen) atoms. The number of alkyl halides is 3. The third-order valence-corrected chi connectivity index (χ3v) is 6.29. The second kappa shape index (κ2) is 9.10. The lowest BCUT2D eigenvalue weighted by molar-refractivity contribution is -0.137. The molecule has 3 aromatic rings. The van der Waals surface area contributed by atoms with Crippen LogP contribution in [0.3, 0.4) is 0 Å². The third kappa shape index (κ3) is 5.25. The Morgan fingerprint density at radius 1 is 1.00 bits per heavy atom. The maximum Gasteiger partial charge on any atom is 0.416 e. The van der Waals surface area contributed by atoms with Crippen molar-refractivity contribution < 1.29 is 22.2 Å². The number of hydrogen-bond donors (Lipinski definition) is 1. The summed E-state index contributed by atoms with van der Waals surface area (Å²) in [5, 5.41) is 12.5. The minimum absolute atomic E-state index is 0.0226. The zero-order chi connectivity index (χ0) is 22.8. The van der Waals surface area contributed by atoms with Crippen molar-refractivity contribution in [2.75, 3.05) is 5.32 Å². The highest BCUT2D eigenvalue weighted by atomic mass is 35.5. The number of halogens is 5.